The van der Waals surface area contributed by atoms with Crippen LogP contribution in [0.5, 0.6) is 5.75 Å². The normalized spacial score (nSPS) is 10.2. The molecule has 2 rings (SSSR count). The average molecular weight is 260 g/mol. The van der Waals surface area contributed by atoms with Gasteiger partial charge in [0.25, 0.3) is 0 Å². The number of nitrogens with two attached hydrogens (primary N) is 1. The van der Waals surface area contributed by atoms with Crippen molar-refractivity contribution in [2.45, 2.75) is 13.5 Å². The summed E-state index contributed by atoms with van der Waals surface area (Å²) in [4.78, 5) is 11.9. The van der Waals surface area contributed by atoms with Gasteiger partial charge < -0.3 is 15.8 Å². The summed E-state index contributed by atoms with van der Waals surface area (Å²) >= 11 is 0. The average Bonchev–Trinajstić information content (AvgIpc) is 2.75. The van der Waals surface area contributed by atoms with Gasteiger partial charge in [-0.2, -0.15) is 5.10 Å². The van der Waals surface area contributed by atoms with Gasteiger partial charge in [-0.3, -0.25) is 9.48 Å². The summed E-state index contributed by atoms with van der Waals surface area (Å²) in [5, 5.41) is 6.81. The number of amides is 1. The highest BCUT2D eigenvalue weighted by Gasteiger charge is 2.09. The number of nitrogens with one attached hydrogen (secondary N) is 1. The van der Waals surface area contributed by atoms with E-state index in [0.29, 0.717) is 17.1 Å². The van der Waals surface area contributed by atoms with Crippen LogP contribution in [0.1, 0.15) is 5.56 Å². The Kier molecular flexibility index (Phi) is 3.70. The second kappa shape index (κ2) is 5.43. The maximum Gasteiger partial charge on any atom is 0.246 e. The molecule has 0 saturated heterocycles. The first kappa shape index (κ1) is 12.9. The van der Waals surface area contributed by atoms with Crippen molar-refractivity contribution in [3.63, 3.8) is 0 Å². The second-order valence-electron chi connectivity index (χ2n) is 4.22. The number of ether oxygens (including phenoxy) is 1. The number of carbonyl (C=O) groups is 1. The number of carbonyl (C=O) groups excluding carboxylic acids is 1. The second-order valence-corrected chi connectivity index (χ2v) is 4.22. The van der Waals surface area contributed by atoms with E-state index in [1.165, 1.54) is 7.11 Å². The van der Waals surface area contributed by atoms with Gasteiger partial charge in [-0.25, -0.2) is 0 Å². The molecule has 100 valence electrons. The molecular formula is C13H16N4O2. The first-order valence-corrected chi connectivity index (χ1v) is 5.81. The summed E-state index contributed by atoms with van der Waals surface area (Å²) in [7, 11) is 1.54. The number of nitrogen functional groups attached to an aromatic ring is 1. The van der Waals surface area contributed by atoms with Crippen molar-refractivity contribution in [3.8, 4) is 5.75 Å². The molecule has 1 aromatic heterocycles. The SMILES string of the molecule is COc1ccc(N)cc1NC(=O)Cn1cc(C)cn1. The molecule has 0 aliphatic heterocycles. The summed E-state index contributed by atoms with van der Waals surface area (Å²) in [5.74, 6) is 0.381. The molecule has 19 heavy (non-hydrogen) atoms. The Balaban J connectivity index is 2.08. The molecule has 2 aromatic rings. The summed E-state index contributed by atoms with van der Waals surface area (Å²) in [6, 6.07) is 5.08. The molecule has 0 saturated carbocycles. The Morgan fingerprint density at radius 2 is 2.32 bits per heavy atom. The highest BCUT2D eigenvalue weighted by molar-refractivity contribution is 5.92. The number of benzene rings is 1. The summed E-state index contributed by atoms with van der Waals surface area (Å²) in [6.45, 7) is 2.06. The quantitative estimate of drug-likeness (QED) is 0.814. The molecular weight excluding hydrogens is 244 g/mol. The smallest absolute Gasteiger partial charge is 0.246 e. The van der Waals surface area contributed by atoms with Crippen LogP contribution in [-0.4, -0.2) is 22.8 Å². The third-order valence-corrected chi connectivity index (χ3v) is 2.57. The third kappa shape index (κ3) is 3.25. The maximum atomic E-state index is 11.9. The minimum absolute atomic E-state index is 0.145. The van der Waals surface area contributed by atoms with Gasteiger partial charge >= 0.3 is 0 Å². The van der Waals surface area contributed by atoms with Gasteiger partial charge in [0.05, 0.1) is 19.0 Å². The van der Waals surface area contributed by atoms with Gasteiger partial charge in [-0.1, -0.05) is 0 Å². The number of hydrogen-bond donors (Lipinski definition) is 2. The van der Waals surface area contributed by atoms with Crippen molar-refractivity contribution in [2.24, 2.45) is 0 Å². The number of methoxy groups -OCH3 is 1. The van der Waals surface area contributed by atoms with Gasteiger partial charge in [0.15, 0.2) is 0 Å². The molecule has 0 aliphatic rings. The monoisotopic (exact) mass is 260 g/mol. The number of nitrogens with zero attached hydrogens (tertiary/aromatic N) is 2. The molecule has 6 nitrogen and oxygen atoms in total. The standard InChI is InChI=1S/C13H16N4O2/c1-9-6-15-17(7-9)8-13(18)16-11-5-10(14)3-4-12(11)19-2/h3-7H,8,14H2,1-2H3,(H,16,18). The number of aryl methyl sites for hydroxylation is 1. The zero-order valence-electron chi connectivity index (χ0n) is 10.9. The first-order chi connectivity index (χ1) is 9.08. The fourth-order valence-corrected chi connectivity index (χ4v) is 1.71. The predicted molar refractivity (Wildman–Crippen MR) is 73.0 cm³/mol. The van der Waals surface area contributed by atoms with Crippen molar-refractivity contribution in [1.29, 1.82) is 0 Å². The fourth-order valence-electron chi connectivity index (χ4n) is 1.71. The van der Waals surface area contributed by atoms with Gasteiger partial charge in [-0.15, -0.1) is 0 Å². The van der Waals surface area contributed by atoms with Crippen LogP contribution in [0.25, 0.3) is 0 Å². The van der Waals surface area contributed by atoms with Gasteiger partial charge in [0.2, 0.25) is 5.91 Å². The van der Waals surface area contributed by atoms with Crippen LogP contribution in [0, 0.1) is 6.92 Å². The van der Waals surface area contributed by atoms with E-state index in [4.69, 9.17) is 10.5 Å². The summed E-state index contributed by atoms with van der Waals surface area (Å²) in [5.41, 5.74) is 7.81. The van der Waals surface area contributed by atoms with Crippen molar-refractivity contribution in [2.75, 3.05) is 18.2 Å². The van der Waals surface area contributed by atoms with Gasteiger partial charge in [0, 0.05) is 11.9 Å². The molecule has 0 fully saturated rings. The molecule has 0 aliphatic carbocycles. The molecule has 0 unspecified atom stereocenters. The van der Waals surface area contributed by atoms with Crippen molar-refractivity contribution in [1.82, 2.24) is 9.78 Å². The van der Waals surface area contributed by atoms with Gasteiger partial charge in [0.1, 0.15) is 12.3 Å². The van der Waals surface area contributed by atoms with Gasteiger partial charge in [-0.05, 0) is 30.7 Å². The third-order valence-electron chi connectivity index (χ3n) is 2.57. The lowest BCUT2D eigenvalue weighted by Crippen LogP contribution is -2.19. The molecule has 0 spiro atoms. The molecule has 0 radical (unpaired) electrons. The molecule has 1 amide bonds. The largest absolute Gasteiger partial charge is 0.495 e. The van der Waals surface area contributed by atoms with E-state index in [2.05, 4.69) is 10.4 Å². The van der Waals surface area contributed by atoms with Crippen molar-refractivity contribution in [3.05, 3.63) is 36.2 Å². The Morgan fingerprint density at radius 3 is 2.95 bits per heavy atom. The topological polar surface area (TPSA) is 82.2 Å². The Hall–Kier alpha value is -2.50. The number of aromatic nitrogens is 2. The van der Waals surface area contributed by atoms with E-state index < -0.39 is 0 Å². The Labute approximate surface area is 111 Å². The van der Waals surface area contributed by atoms with Crippen LogP contribution in [0.3, 0.4) is 0 Å². The van der Waals surface area contributed by atoms with Crippen molar-refractivity contribution < 1.29 is 9.53 Å². The fraction of sp³-hybridized carbons (Fsp3) is 0.231. The van der Waals surface area contributed by atoms with E-state index in [0.717, 1.165) is 5.56 Å². The van der Waals surface area contributed by atoms with E-state index in [9.17, 15) is 4.79 Å². The van der Waals surface area contributed by atoms with Crippen LogP contribution in [0.4, 0.5) is 11.4 Å². The molecule has 1 aromatic carbocycles. The molecule has 0 bridgehead atoms. The predicted octanol–water partition coefficient (Wildman–Crippen LogP) is 1.42. The number of rotatable bonds is 4. The van der Waals surface area contributed by atoms with E-state index in [1.54, 1.807) is 35.3 Å². The Morgan fingerprint density at radius 1 is 1.53 bits per heavy atom. The zero-order valence-corrected chi connectivity index (χ0v) is 10.9. The van der Waals surface area contributed by atoms with Crippen LogP contribution in [-0.2, 0) is 11.3 Å². The lowest BCUT2D eigenvalue weighted by molar-refractivity contribution is -0.116. The van der Waals surface area contributed by atoms with Crippen molar-refractivity contribution >= 4 is 17.3 Å². The van der Waals surface area contributed by atoms with Crippen LogP contribution < -0.4 is 15.8 Å². The minimum Gasteiger partial charge on any atom is -0.495 e. The van der Waals surface area contributed by atoms with E-state index >= 15 is 0 Å². The minimum atomic E-state index is -0.188. The van der Waals surface area contributed by atoms with E-state index in [-0.39, 0.29) is 12.5 Å². The van der Waals surface area contributed by atoms with Crippen LogP contribution in [0.2, 0.25) is 0 Å². The summed E-state index contributed by atoms with van der Waals surface area (Å²) < 4.78 is 6.74. The molecule has 6 heteroatoms. The molecule has 0 atom stereocenters. The summed E-state index contributed by atoms with van der Waals surface area (Å²) in [6.07, 6.45) is 3.50. The lowest BCUT2D eigenvalue weighted by Gasteiger charge is -2.10. The number of hydrogen-bond acceptors (Lipinski definition) is 4. The van der Waals surface area contributed by atoms with Crippen LogP contribution in [0.15, 0.2) is 30.6 Å². The highest BCUT2D eigenvalue weighted by atomic mass is 16.5. The number of anilines is 2. The first-order valence-electron chi connectivity index (χ1n) is 5.81. The van der Waals surface area contributed by atoms with E-state index in [1.807, 2.05) is 6.92 Å². The molecule has 3 N–H and O–H groups in total. The lowest BCUT2D eigenvalue weighted by atomic mass is 10.2. The molecule has 1 heterocycles. The Bertz CT molecular complexity index is 592. The highest BCUT2D eigenvalue weighted by Crippen LogP contribution is 2.26. The maximum absolute atomic E-state index is 11.9. The van der Waals surface area contributed by atoms with Crippen LogP contribution >= 0.6 is 0 Å². The zero-order chi connectivity index (χ0) is 13.8.